The molecule has 8 nitrogen and oxygen atoms in total. The number of anilines is 2. The van der Waals surface area contributed by atoms with Gasteiger partial charge in [0.2, 0.25) is 0 Å². The highest BCUT2D eigenvalue weighted by Crippen LogP contribution is 2.37. The van der Waals surface area contributed by atoms with Crippen LogP contribution in [0.25, 0.3) is 0 Å². The van der Waals surface area contributed by atoms with Crippen molar-refractivity contribution in [2.45, 2.75) is 17.9 Å². The van der Waals surface area contributed by atoms with Crippen molar-refractivity contribution in [3.63, 3.8) is 0 Å². The minimum absolute atomic E-state index is 0. The molecule has 11 heteroatoms. The van der Waals surface area contributed by atoms with Gasteiger partial charge in [-0.2, -0.15) is 0 Å². The maximum atomic E-state index is 12.9. The monoisotopic (exact) mass is 506 g/mol. The number of halogens is 1. The number of fused-ring (bicyclic) bond motifs is 1. The molecule has 2 heterocycles. The van der Waals surface area contributed by atoms with E-state index in [0.717, 1.165) is 17.0 Å². The van der Waals surface area contributed by atoms with Crippen LogP contribution in [0.5, 0.6) is 0 Å². The van der Waals surface area contributed by atoms with Gasteiger partial charge in [0.15, 0.2) is 0 Å². The number of nitrogens with two attached hydrogens (primary N) is 1. The molecule has 2 amide bonds. The SMILES string of the molecule is CN1CCc2c(sc(NC(=O)c3cccc(NS(=O)(=O)c4ccccc4)c3)c2C(N)=O)C1.Cl. The highest BCUT2D eigenvalue weighted by molar-refractivity contribution is 7.92. The van der Waals surface area contributed by atoms with Gasteiger partial charge in [-0.25, -0.2) is 8.42 Å². The van der Waals surface area contributed by atoms with Crippen molar-refractivity contribution in [2.24, 2.45) is 5.73 Å². The molecule has 1 aromatic heterocycles. The third kappa shape index (κ3) is 5.36. The van der Waals surface area contributed by atoms with Crippen LogP contribution in [-0.4, -0.2) is 38.7 Å². The number of sulfonamides is 1. The Morgan fingerprint density at radius 2 is 1.82 bits per heavy atom. The minimum atomic E-state index is -3.79. The van der Waals surface area contributed by atoms with Crippen LogP contribution in [0.2, 0.25) is 0 Å². The summed E-state index contributed by atoms with van der Waals surface area (Å²) in [5.41, 5.74) is 7.35. The number of nitrogens with zero attached hydrogens (tertiary/aromatic N) is 1. The van der Waals surface area contributed by atoms with E-state index in [0.29, 0.717) is 23.5 Å². The summed E-state index contributed by atoms with van der Waals surface area (Å²) >= 11 is 1.34. The fourth-order valence-electron chi connectivity index (χ4n) is 3.59. The fourth-order valence-corrected chi connectivity index (χ4v) is 5.99. The second kappa shape index (κ2) is 9.92. The van der Waals surface area contributed by atoms with E-state index in [1.54, 1.807) is 36.4 Å². The van der Waals surface area contributed by atoms with Crippen LogP contribution in [-0.2, 0) is 23.0 Å². The Bertz CT molecular complexity index is 1290. The lowest BCUT2D eigenvalue weighted by Gasteiger charge is -2.22. The van der Waals surface area contributed by atoms with Crippen molar-refractivity contribution in [1.29, 1.82) is 0 Å². The van der Waals surface area contributed by atoms with Crippen molar-refractivity contribution in [3.8, 4) is 0 Å². The first kappa shape index (κ1) is 24.7. The van der Waals surface area contributed by atoms with E-state index in [1.165, 1.54) is 29.5 Å². The Labute approximate surface area is 202 Å². The smallest absolute Gasteiger partial charge is 0.261 e. The number of nitrogens with one attached hydrogen (secondary N) is 2. The molecule has 4 N–H and O–H groups in total. The highest BCUT2D eigenvalue weighted by atomic mass is 35.5. The average molecular weight is 507 g/mol. The second-order valence-electron chi connectivity index (χ2n) is 7.51. The number of benzene rings is 2. The first-order chi connectivity index (χ1) is 15.2. The predicted molar refractivity (Wildman–Crippen MR) is 132 cm³/mol. The van der Waals surface area contributed by atoms with E-state index >= 15 is 0 Å². The highest BCUT2D eigenvalue weighted by Gasteiger charge is 2.27. The van der Waals surface area contributed by atoms with Gasteiger partial charge in [-0.05, 0) is 49.4 Å². The van der Waals surface area contributed by atoms with Gasteiger partial charge in [0, 0.05) is 29.2 Å². The van der Waals surface area contributed by atoms with E-state index in [9.17, 15) is 18.0 Å². The molecule has 0 aliphatic carbocycles. The van der Waals surface area contributed by atoms with Gasteiger partial charge in [0.1, 0.15) is 5.00 Å². The average Bonchev–Trinajstić information content (AvgIpc) is 3.11. The summed E-state index contributed by atoms with van der Waals surface area (Å²) in [4.78, 5) is 28.3. The summed E-state index contributed by atoms with van der Waals surface area (Å²) < 4.78 is 27.6. The summed E-state index contributed by atoms with van der Waals surface area (Å²) in [5, 5.41) is 3.20. The number of carbonyl (C=O) groups is 2. The Morgan fingerprint density at radius 1 is 1.09 bits per heavy atom. The number of thiophene rings is 1. The van der Waals surface area contributed by atoms with E-state index < -0.39 is 21.8 Å². The largest absolute Gasteiger partial charge is 0.365 e. The molecule has 0 radical (unpaired) electrons. The first-order valence-corrected chi connectivity index (χ1v) is 12.2. The number of rotatable bonds is 6. The summed E-state index contributed by atoms with van der Waals surface area (Å²) in [5.74, 6) is -1.04. The van der Waals surface area contributed by atoms with Gasteiger partial charge in [0.05, 0.1) is 10.5 Å². The number of primary amides is 1. The molecule has 0 spiro atoms. The molecule has 0 bridgehead atoms. The van der Waals surface area contributed by atoms with Crippen LogP contribution in [0.1, 0.15) is 31.2 Å². The van der Waals surface area contributed by atoms with Crippen LogP contribution in [0.15, 0.2) is 59.5 Å². The van der Waals surface area contributed by atoms with Crippen LogP contribution in [0.3, 0.4) is 0 Å². The maximum Gasteiger partial charge on any atom is 0.261 e. The number of amides is 2. The van der Waals surface area contributed by atoms with Crippen LogP contribution < -0.4 is 15.8 Å². The van der Waals surface area contributed by atoms with Crippen molar-refractivity contribution in [1.82, 2.24) is 4.90 Å². The summed E-state index contributed by atoms with van der Waals surface area (Å²) in [6, 6.07) is 14.1. The molecule has 0 unspecified atom stereocenters. The number of likely N-dealkylation sites (N-methyl/N-ethyl adjacent to an activating group) is 1. The third-order valence-corrected chi connectivity index (χ3v) is 7.68. The fraction of sp³-hybridized carbons (Fsp3) is 0.182. The second-order valence-corrected chi connectivity index (χ2v) is 10.3. The van der Waals surface area contributed by atoms with Crippen LogP contribution in [0.4, 0.5) is 10.7 Å². The molecule has 1 aliphatic rings. The Balaban J connectivity index is 0.00000306. The molecular weight excluding hydrogens is 484 g/mol. The van der Waals surface area contributed by atoms with Crippen molar-refractivity contribution < 1.29 is 18.0 Å². The quantitative estimate of drug-likeness (QED) is 0.473. The molecular formula is C22H23ClN4O4S2. The molecule has 0 saturated heterocycles. The van der Waals surface area contributed by atoms with Gasteiger partial charge in [-0.15, -0.1) is 23.7 Å². The molecule has 0 fully saturated rings. The molecule has 4 rings (SSSR count). The summed E-state index contributed by atoms with van der Waals surface area (Å²) in [7, 11) is -1.79. The lowest BCUT2D eigenvalue weighted by molar-refractivity contribution is 0.1000. The van der Waals surface area contributed by atoms with Crippen molar-refractivity contribution in [2.75, 3.05) is 23.6 Å². The standard InChI is InChI=1S/C22H22N4O4S2.ClH/c1-26-11-10-17-18(13-26)31-22(19(17)20(23)27)24-21(28)14-6-5-7-15(12-14)25-32(29,30)16-8-3-2-4-9-16;/h2-9,12,25H,10-11,13H2,1H3,(H2,23,27)(H,24,28);1H. The molecule has 1 aliphatic heterocycles. The number of hydrogen-bond donors (Lipinski definition) is 3. The van der Waals surface area contributed by atoms with Crippen LogP contribution >= 0.6 is 23.7 Å². The molecule has 33 heavy (non-hydrogen) atoms. The van der Waals surface area contributed by atoms with E-state index in [2.05, 4.69) is 14.9 Å². The zero-order chi connectivity index (χ0) is 22.9. The maximum absolute atomic E-state index is 12.9. The zero-order valence-corrected chi connectivity index (χ0v) is 20.1. The van der Waals surface area contributed by atoms with E-state index in [1.807, 2.05) is 7.05 Å². The Morgan fingerprint density at radius 3 is 2.52 bits per heavy atom. The molecule has 2 aromatic carbocycles. The zero-order valence-electron chi connectivity index (χ0n) is 17.7. The topological polar surface area (TPSA) is 122 Å². The lowest BCUT2D eigenvalue weighted by Crippen LogP contribution is -2.27. The summed E-state index contributed by atoms with van der Waals surface area (Å²) in [6.07, 6.45) is 0.688. The Hall–Kier alpha value is -2.92. The van der Waals surface area contributed by atoms with E-state index in [4.69, 9.17) is 5.73 Å². The lowest BCUT2D eigenvalue weighted by atomic mass is 10.0. The molecule has 3 aromatic rings. The number of hydrogen-bond acceptors (Lipinski definition) is 6. The first-order valence-electron chi connectivity index (χ1n) is 9.87. The van der Waals surface area contributed by atoms with Crippen LogP contribution in [0, 0.1) is 0 Å². The molecule has 0 atom stereocenters. The Kier molecular flexibility index (Phi) is 7.43. The van der Waals surface area contributed by atoms with Gasteiger partial charge in [-0.1, -0.05) is 24.3 Å². The molecule has 0 saturated carbocycles. The third-order valence-electron chi connectivity index (χ3n) is 5.15. The van der Waals surface area contributed by atoms with E-state index in [-0.39, 0.29) is 28.6 Å². The van der Waals surface area contributed by atoms with Gasteiger partial charge in [-0.3, -0.25) is 14.3 Å². The van der Waals surface area contributed by atoms with Crippen molar-refractivity contribution in [3.05, 3.63) is 76.2 Å². The predicted octanol–water partition coefficient (Wildman–Crippen LogP) is 3.31. The van der Waals surface area contributed by atoms with Gasteiger partial charge < -0.3 is 16.0 Å². The summed E-state index contributed by atoms with van der Waals surface area (Å²) in [6.45, 7) is 1.49. The number of carbonyl (C=O) groups excluding carboxylic acids is 2. The normalized spacial score (nSPS) is 13.5. The van der Waals surface area contributed by atoms with Gasteiger partial charge in [0.25, 0.3) is 21.8 Å². The van der Waals surface area contributed by atoms with Crippen molar-refractivity contribution >= 4 is 56.3 Å². The minimum Gasteiger partial charge on any atom is -0.365 e. The molecule has 174 valence electrons. The van der Waals surface area contributed by atoms with Gasteiger partial charge >= 0.3 is 0 Å².